The highest BCUT2D eigenvalue weighted by molar-refractivity contribution is 5.97. The van der Waals surface area contributed by atoms with Gasteiger partial charge in [0.15, 0.2) is 17.3 Å². The van der Waals surface area contributed by atoms with Crippen LogP contribution in [0.25, 0.3) is 22.6 Å². The fourth-order valence-electron chi connectivity index (χ4n) is 6.94. The van der Waals surface area contributed by atoms with Crippen molar-refractivity contribution in [1.29, 1.82) is 0 Å². The van der Waals surface area contributed by atoms with Crippen molar-refractivity contribution >= 4 is 29.7 Å². The third-order valence-corrected chi connectivity index (χ3v) is 10.2. The van der Waals surface area contributed by atoms with Crippen LogP contribution < -0.4 is 20.4 Å². The number of anilines is 2. The molecule has 0 bridgehead atoms. The van der Waals surface area contributed by atoms with Crippen molar-refractivity contribution in [3.63, 3.8) is 0 Å². The molecule has 5 heterocycles. The number of nitrogens with one attached hydrogen (secondary N) is 3. The van der Waals surface area contributed by atoms with E-state index in [1.165, 1.54) is 17.0 Å². The molecular formula is C38H39F4N11O4. The fraction of sp³-hybridized carbons (Fsp3) is 0.368. The number of alkyl halides is 3. The Balaban J connectivity index is 0.872. The van der Waals surface area contributed by atoms with Crippen LogP contribution in [-0.2, 0) is 23.3 Å². The van der Waals surface area contributed by atoms with Gasteiger partial charge in [-0.1, -0.05) is 36.3 Å². The van der Waals surface area contributed by atoms with Crippen LogP contribution >= 0.6 is 0 Å². The van der Waals surface area contributed by atoms with Gasteiger partial charge in [-0.05, 0) is 49.6 Å². The normalized spacial score (nSPS) is 15.2. The van der Waals surface area contributed by atoms with E-state index in [4.69, 9.17) is 4.52 Å². The summed E-state index contributed by atoms with van der Waals surface area (Å²) >= 11 is 0. The maximum Gasteiger partial charge on any atom is 0.401 e. The summed E-state index contributed by atoms with van der Waals surface area (Å²) in [6, 6.07) is 13.6. The molecule has 2 aliphatic rings. The van der Waals surface area contributed by atoms with Crippen LogP contribution in [0.5, 0.6) is 0 Å². The molecule has 4 amide bonds. The first-order chi connectivity index (χ1) is 27.2. The number of halogens is 4. The lowest BCUT2D eigenvalue weighted by molar-refractivity contribution is -0.182. The van der Waals surface area contributed by atoms with Gasteiger partial charge >= 0.3 is 12.2 Å². The molecule has 0 aliphatic carbocycles. The summed E-state index contributed by atoms with van der Waals surface area (Å²) in [5.74, 6) is -1.50. The number of carbonyl (C=O) groups excluding carboxylic acids is 3. The summed E-state index contributed by atoms with van der Waals surface area (Å²) in [7, 11) is 0. The number of aromatic nitrogens is 6. The molecule has 2 saturated heterocycles. The predicted molar refractivity (Wildman–Crippen MR) is 198 cm³/mol. The van der Waals surface area contributed by atoms with Gasteiger partial charge in [-0.3, -0.25) is 29.8 Å². The Morgan fingerprint density at radius 2 is 1.74 bits per heavy atom. The highest BCUT2D eigenvalue weighted by Gasteiger charge is 2.52. The van der Waals surface area contributed by atoms with Gasteiger partial charge in [0.25, 0.3) is 5.91 Å². The lowest BCUT2D eigenvalue weighted by Gasteiger charge is -2.61. The first-order valence-corrected chi connectivity index (χ1v) is 18.1. The van der Waals surface area contributed by atoms with Gasteiger partial charge in [-0.25, -0.2) is 24.1 Å². The summed E-state index contributed by atoms with van der Waals surface area (Å²) in [5.41, 5.74) is 1.83. The molecule has 3 aromatic heterocycles. The second kappa shape index (κ2) is 15.4. The molecule has 2 fully saturated rings. The van der Waals surface area contributed by atoms with Crippen molar-refractivity contribution < 1.29 is 36.5 Å². The highest BCUT2D eigenvalue weighted by Crippen LogP contribution is 2.43. The third-order valence-electron chi connectivity index (χ3n) is 10.2. The van der Waals surface area contributed by atoms with Crippen LogP contribution in [0.2, 0.25) is 0 Å². The number of rotatable bonds is 13. The van der Waals surface area contributed by atoms with E-state index in [1.807, 2.05) is 19.1 Å². The molecule has 3 N–H and O–H groups in total. The van der Waals surface area contributed by atoms with Crippen molar-refractivity contribution in [3.8, 4) is 22.6 Å². The van der Waals surface area contributed by atoms with Crippen molar-refractivity contribution in [2.24, 2.45) is 5.41 Å². The van der Waals surface area contributed by atoms with Gasteiger partial charge in [0, 0.05) is 74.4 Å². The minimum absolute atomic E-state index is 0.0417. The molecule has 0 radical (unpaired) electrons. The maximum atomic E-state index is 15.1. The lowest BCUT2D eigenvalue weighted by Crippen LogP contribution is -2.71. The fourth-order valence-corrected chi connectivity index (χ4v) is 6.94. The first-order valence-electron chi connectivity index (χ1n) is 18.1. The monoisotopic (exact) mass is 789 g/mol. The van der Waals surface area contributed by atoms with Crippen molar-refractivity contribution in [2.45, 2.75) is 51.9 Å². The second-order valence-corrected chi connectivity index (χ2v) is 14.8. The SMILES string of the molecule is CCCN(C(=O)NC=O)c1ccc(N2CC3(CN(Cc4ccc(-c5cnc(-c6cc(C(=O)NCc7nc(C(C)(C)C(F)(F)F)n[nH]7)on6)nc5)cc4)C3)C2)cc1F. The Hall–Kier alpha value is -6.24. The number of hydrogen-bond donors (Lipinski definition) is 3. The van der Waals surface area contributed by atoms with E-state index in [0.29, 0.717) is 6.42 Å². The molecule has 15 nitrogen and oxygen atoms in total. The molecule has 19 heteroatoms. The largest absolute Gasteiger partial charge is 0.401 e. The van der Waals surface area contributed by atoms with Crippen LogP contribution in [-0.4, -0.2) is 92.5 Å². The smallest absolute Gasteiger partial charge is 0.370 e. The number of likely N-dealkylation sites (tertiary alicyclic amines) is 1. The van der Waals surface area contributed by atoms with Gasteiger partial charge < -0.3 is 14.7 Å². The van der Waals surface area contributed by atoms with Gasteiger partial charge in [-0.2, -0.15) is 18.3 Å². The molecule has 1 spiro atoms. The molecule has 7 rings (SSSR count). The Morgan fingerprint density at radius 3 is 2.39 bits per heavy atom. The quantitative estimate of drug-likeness (QED) is 0.105. The topological polar surface area (TPSA) is 178 Å². The number of carbonyl (C=O) groups is 3. The zero-order chi connectivity index (χ0) is 40.5. The molecule has 5 aromatic rings. The van der Waals surface area contributed by atoms with Gasteiger partial charge in [-0.15, -0.1) is 0 Å². The zero-order valence-corrected chi connectivity index (χ0v) is 31.2. The molecule has 2 aromatic carbocycles. The zero-order valence-electron chi connectivity index (χ0n) is 31.2. The van der Waals surface area contributed by atoms with E-state index >= 15 is 4.39 Å². The second-order valence-electron chi connectivity index (χ2n) is 14.8. The third kappa shape index (κ3) is 8.05. The summed E-state index contributed by atoms with van der Waals surface area (Å²) in [5, 5.41) is 14.5. The average molecular weight is 790 g/mol. The van der Waals surface area contributed by atoms with E-state index < -0.39 is 35.2 Å². The van der Waals surface area contributed by atoms with Crippen LogP contribution in [0.4, 0.5) is 33.7 Å². The highest BCUT2D eigenvalue weighted by atomic mass is 19.4. The van der Waals surface area contributed by atoms with Crippen LogP contribution in [0.3, 0.4) is 0 Å². The van der Waals surface area contributed by atoms with E-state index in [-0.39, 0.29) is 53.7 Å². The van der Waals surface area contributed by atoms with Gasteiger partial charge in [0.1, 0.15) is 17.1 Å². The summed E-state index contributed by atoms with van der Waals surface area (Å²) < 4.78 is 60.2. The molecule has 0 saturated carbocycles. The molecular weight excluding hydrogens is 750 g/mol. The number of H-pyrrole nitrogens is 1. The van der Waals surface area contributed by atoms with Crippen LogP contribution in [0, 0.1) is 11.2 Å². The van der Waals surface area contributed by atoms with E-state index in [0.717, 1.165) is 68.9 Å². The van der Waals surface area contributed by atoms with E-state index in [1.54, 1.807) is 24.5 Å². The lowest BCUT2D eigenvalue weighted by atomic mass is 9.72. The van der Waals surface area contributed by atoms with E-state index in [2.05, 4.69) is 62.9 Å². The van der Waals surface area contributed by atoms with Crippen molar-refractivity contribution in [1.82, 2.24) is 45.8 Å². The minimum Gasteiger partial charge on any atom is -0.370 e. The Bertz CT molecular complexity index is 2240. The van der Waals surface area contributed by atoms with Crippen LogP contribution in [0.1, 0.15) is 55.0 Å². The number of hydrogen-bond acceptors (Lipinski definition) is 11. The maximum absolute atomic E-state index is 15.1. The number of amides is 4. The molecule has 0 atom stereocenters. The minimum atomic E-state index is -4.55. The molecule has 0 unspecified atom stereocenters. The molecule has 2 aliphatic heterocycles. The number of benzene rings is 2. The Labute approximate surface area is 323 Å². The van der Waals surface area contributed by atoms with Crippen molar-refractivity contribution in [2.75, 3.05) is 42.5 Å². The summed E-state index contributed by atoms with van der Waals surface area (Å²) in [6.07, 6.45) is -0.378. The van der Waals surface area contributed by atoms with Gasteiger partial charge in [0.2, 0.25) is 12.2 Å². The number of urea groups is 1. The predicted octanol–water partition coefficient (Wildman–Crippen LogP) is 5.23. The van der Waals surface area contributed by atoms with Crippen molar-refractivity contribution in [3.05, 3.63) is 89.7 Å². The Kier molecular flexibility index (Phi) is 10.5. The Morgan fingerprint density at radius 1 is 1.02 bits per heavy atom. The molecule has 298 valence electrons. The average Bonchev–Trinajstić information content (AvgIpc) is 3.85. The standard InChI is InChI=1S/C38H39F4N11O4/c1-4-11-53(35(56)46-22-54)29-10-9-26(12-27(29)39)52-20-37(21-52)18-51(19-37)17-23-5-7-24(8-6-23)25-14-43-32(44-15-25)28-13-30(57-50-28)33(55)45-16-31-47-34(49-48-31)36(2,3)38(40,41)42/h5-10,12-15,22H,4,11,16-21H2,1-3H3,(H,45,55)(H,46,54,56)(H,47,48,49). The van der Waals surface area contributed by atoms with Gasteiger partial charge in [0.05, 0.1) is 12.2 Å². The molecule has 57 heavy (non-hydrogen) atoms. The number of imide groups is 1. The first kappa shape index (κ1) is 39.0. The van der Waals surface area contributed by atoms with Crippen LogP contribution in [0.15, 0.2) is 65.4 Å². The number of nitrogens with zero attached hydrogens (tertiary/aromatic N) is 8. The van der Waals surface area contributed by atoms with E-state index in [9.17, 15) is 27.6 Å². The summed E-state index contributed by atoms with van der Waals surface area (Å²) in [4.78, 5) is 54.0. The number of aromatic amines is 1. The summed E-state index contributed by atoms with van der Waals surface area (Å²) in [6.45, 7) is 8.12.